The van der Waals surface area contributed by atoms with Crippen molar-refractivity contribution in [2.24, 2.45) is 0 Å². The summed E-state index contributed by atoms with van der Waals surface area (Å²) in [6.45, 7) is 0.316. The molecule has 134 valence electrons. The molecule has 6 nitrogen and oxygen atoms in total. The molecule has 0 heterocycles. The highest BCUT2D eigenvalue weighted by atomic mass is 79.9. The molecule has 0 atom stereocenters. The van der Waals surface area contributed by atoms with Crippen molar-refractivity contribution < 1.29 is 23.7 Å². The van der Waals surface area contributed by atoms with Gasteiger partial charge in [0.05, 0.1) is 27.8 Å². The molecule has 0 saturated heterocycles. The molecule has 2 N–H and O–H groups in total. The van der Waals surface area contributed by atoms with E-state index in [9.17, 15) is 4.79 Å². The monoisotopic (exact) mass is 409 g/mol. The molecule has 2 aromatic rings. The van der Waals surface area contributed by atoms with Crippen molar-refractivity contribution in [3.05, 3.63) is 45.9 Å². The summed E-state index contributed by atoms with van der Waals surface area (Å²) in [5.74, 6) is 1.52. The molecule has 0 amide bonds. The number of nitrogens with two attached hydrogens (primary N) is 1. The number of halogens is 1. The van der Waals surface area contributed by atoms with Crippen LogP contribution in [-0.4, -0.2) is 27.3 Å². The van der Waals surface area contributed by atoms with Gasteiger partial charge in [0.25, 0.3) is 0 Å². The molecule has 0 aliphatic rings. The number of methoxy groups -OCH3 is 3. The van der Waals surface area contributed by atoms with E-state index in [4.69, 9.17) is 19.9 Å². The summed E-state index contributed by atoms with van der Waals surface area (Å²) in [6.07, 6.45) is 0.129. The smallest absolute Gasteiger partial charge is 0.310 e. The molecule has 0 unspecified atom stereocenters. The van der Waals surface area contributed by atoms with Gasteiger partial charge in [0.15, 0.2) is 11.5 Å². The molecule has 0 aliphatic carbocycles. The number of hydrogen-bond acceptors (Lipinski definition) is 6. The average Bonchev–Trinajstić information content (AvgIpc) is 2.62. The minimum absolute atomic E-state index is 0.129. The minimum Gasteiger partial charge on any atom is -0.493 e. The highest BCUT2D eigenvalue weighted by Gasteiger charge is 2.11. The summed E-state index contributed by atoms with van der Waals surface area (Å²) in [5.41, 5.74) is 8.05. The number of esters is 1. The first-order valence-electron chi connectivity index (χ1n) is 7.47. The molecule has 0 spiro atoms. The Hall–Kier alpha value is -2.41. The lowest BCUT2D eigenvalue weighted by Crippen LogP contribution is -2.07. The number of benzene rings is 2. The average molecular weight is 410 g/mol. The molecule has 2 rings (SSSR count). The SMILES string of the molecule is COC(=O)Cc1ccc(OCc2cc(OC)c(OC)cc2Br)cc1N. The second kappa shape index (κ2) is 8.62. The van der Waals surface area contributed by atoms with E-state index in [1.807, 2.05) is 12.1 Å². The summed E-state index contributed by atoms with van der Waals surface area (Å²) in [4.78, 5) is 11.3. The maximum absolute atomic E-state index is 11.3. The van der Waals surface area contributed by atoms with E-state index in [0.717, 1.165) is 10.0 Å². The number of anilines is 1. The van der Waals surface area contributed by atoms with Crippen molar-refractivity contribution in [2.75, 3.05) is 27.1 Å². The Morgan fingerprint density at radius 3 is 2.32 bits per heavy atom. The molecular formula is C18H20BrNO5. The second-order valence-corrected chi connectivity index (χ2v) is 6.06. The van der Waals surface area contributed by atoms with E-state index in [1.54, 1.807) is 32.4 Å². The van der Waals surface area contributed by atoms with Crippen LogP contribution in [0.1, 0.15) is 11.1 Å². The van der Waals surface area contributed by atoms with E-state index in [-0.39, 0.29) is 12.4 Å². The van der Waals surface area contributed by atoms with E-state index in [1.165, 1.54) is 7.11 Å². The van der Waals surface area contributed by atoms with Crippen LogP contribution in [-0.2, 0) is 22.6 Å². The predicted octanol–water partition coefficient (Wildman–Crippen LogP) is 3.34. The van der Waals surface area contributed by atoms with Crippen LogP contribution in [0.15, 0.2) is 34.8 Å². The first-order chi connectivity index (χ1) is 12.0. The quantitative estimate of drug-likeness (QED) is 0.557. The van der Waals surface area contributed by atoms with E-state index in [2.05, 4.69) is 20.7 Å². The molecule has 0 saturated carbocycles. The summed E-state index contributed by atoms with van der Waals surface area (Å²) in [7, 11) is 4.51. The predicted molar refractivity (Wildman–Crippen MR) is 98.2 cm³/mol. The summed E-state index contributed by atoms with van der Waals surface area (Å²) in [5, 5.41) is 0. The van der Waals surface area contributed by atoms with Crippen LogP contribution >= 0.6 is 15.9 Å². The Bertz CT molecular complexity index is 763. The molecule has 25 heavy (non-hydrogen) atoms. The normalized spacial score (nSPS) is 10.2. The molecular weight excluding hydrogens is 390 g/mol. The molecule has 0 radical (unpaired) electrons. The maximum Gasteiger partial charge on any atom is 0.310 e. The first-order valence-corrected chi connectivity index (χ1v) is 8.26. The molecule has 2 aromatic carbocycles. The van der Waals surface area contributed by atoms with Gasteiger partial charge >= 0.3 is 5.97 Å². The van der Waals surface area contributed by atoms with Crippen LogP contribution in [0.4, 0.5) is 5.69 Å². The van der Waals surface area contributed by atoms with E-state index in [0.29, 0.717) is 35.1 Å². The Morgan fingerprint density at radius 2 is 1.72 bits per heavy atom. The van der Waals surface area contributed by atoms with Gasteiger partial charge in [-0.1, -0.05) is 22.0 Å². The van der Waals surface area contributed by atoms with Crippen LogP contribution in [0, 0.1) is 0 Å². The second-order valence-electron chi connectivity index (χ2n) is 5.20. The first kappa shape index (κ1) is 18.9. The lowest BCUT2D eigenvalue weighted by atomic mass is 10.1. The van der Waals surface area contributed by atoms with Crippen molar-refractivity contribution in [3.63, 3.8) is 0 Å². The largest absolute Gasteiger partial charge is 0.493 e. The molecule has 0 aromatic heterocycles. The molecule has 0 bridgehead atoms. The lowest BCUT2D eigenvalue weighted by molar-refractivity contribution is -0.139. The van der Waals surface area contributed by atoms with Gasteiger partial charge < -0.3 is 24.7 Å². The Kier molecular flexibility index (Phi) is 6.52. The van der Waals surface area contributed by atoms with Crippen molar-refractivity contribution >= 4 is 27.6 Å². The van der Waals surface area contributed by atoms with Crippen LogP contribution in [0.5, 0.6) is 17.2 Å². The zero-order valence-corrected chi connectivity index (χ0v) is 15.9. The number of carbonyl (C=O) groups excluding carboxylic acids is 1. The number of hydrogen-bond donors (Lipinski definition) is 1. The summed E-state index contributed by atoms with van der Waals surface area (Å²) in [6, 6.07) is 8.88. The van der Waals surface area contributed by atoms with Gasteiger partial charge in [0, 0.05) is 21.8 Å². The third kappa shape index (κ3) is 4.79. The van der Waals surface area contributed by atoms with Gasteiger partial charge in [-0.05, 0) is 23.8 Å². The third-order valence-electron chi connectivity index (χ3n) is 3.63. The van der Waals surface area contributed by atoms with Gasteiger partial charge in [0.1, 0.15) is 12.4 Å². The zero-order valence-electron chi connectivity index (χ0n) is 14.3. The third-order valence-corrected chi connectivity index (χ3v) is 4.36. The number of ether oxygens (including phenoxy) is 4. The van der Waals surface area contributed by atoms with Crippen LogP contribution < -0.4 is 19.9 Å². The minimum atomic E-state index is -0.338. The van der Waals surface area contributed by atoms with E-state index >= 15 is 0 Å². The number of rotatable bonds is 7. The van der Waals surface area contributed by atoms with Crippen LogP contribution in [0.25, 0.3) is 0 Å². The van der Waals surface area contributed by atoms with Crippen molar-refractivity contribution in [2.45, 2.75) is 13.0 Å². The fraction of sp³-hybridized carbons (Fsp3) is 0.278. The topological polar surface area (TPSA) is 80.0 Å². The fourth-order valence-electron chi connectivity index (χ4n) is 2.22. The highest BCUT2D eigenvalue weighted by Crippen LogP contribution is 2.34. The van der Waals surface area contributed by atoms with Gasteiger partial charge in [-0.2, -0.15) is 0 Å². The molecule has 0 aliphatic heterocycles. The molecule has 7 heteroatoms. The van der Waals surface area contributed by atoms with Gasteiger partial charge in [-0.25, -0.2) is 0 Å². The van der Waals surface area contributed by atoms with Gasteiger partial charge in [-0.3, -0.25) is 4.79 Å². The summed E-state index contributed by atoms with van der Waals surface area (Å²) >= 11 is 3.49. The van der Waals surface area contributed by atoms with Gasteiger partial charge in [-0.15, -0.1) is 0 Å². The Labute approximate surface area is 155 Å². The lowest BCUT2D eigenvalue weighted by Gasteiger charge is -2.13. The number of carbonyl (C=O) groups is 1. The standard InChI is InChI=1S/C18H20BrNO5/c1-22-16-6-12(14(19)9-17(16)23-2)10-25-13-5-4-11(15(20)8-13)7-18(21)24-3/h4-6,8-9H,7,10,20H2,1-3H3. The fourth-order valence-corrected chi connectivity index (χ4v) is 2.66. The highest BCUT2D eigenvalue weighted by molar-refractivity contribution is 9.10. The van der Waals surface area contributed by atoms with Gasteiger partial charge in [0.2, 0.25) is 0 Å². The van der Waals surface area contributed by atoms with Crippen molar-refractivity contribution in [3.8, 4) is 17.2 Å². The number of nitrogen functional groups attached to an aromatic ring is 1. The zero-order chi connectivity index (χ0) is 18.4. The van der Waals surface area contributed by atoms with Crippen molar-refractivity contribution in [1.82, 2.24) is 0 Å². The Morgan fingerprint density at radius 1 is 1.04 bits per heavy atom. The van der Waals surface area contributed by atoms with E-state index < -0.39 is 0 Å². The van der Waals surface area contributed by atoms with Crippen LogP contribution in [0.3, 0.4) is 0 Å². The van der Waals surface area contributed by atoms with Crippen molar-refractivity contribution in [1.29, 1.82) is 0 Å². The molecule has 0 fully saturated rings. The van der Waals surface area contributed by atoms with Crippen LogP contribution in [0.2, 0.25) is 0 Å². The Balaban J connectivity index is 2.11. The maximum atomic E-state index is 11.3. The summed E-state index contributed by atoms with van der Waals surface area (Å²) < 4.78 is 21.8.